The van der Waals surface area contributed by atoms with Crippen LogP contribution in [-0.2, 0) is 25.3 Å². The van der Waals surface area contributed by atoms with Gasteiger partial charge in [-0.1, -0.05) is 60.3 Å². The molecule has 5 nitrogen and oxygen atoms in total. The summed E-state index contributed by atoms with van der Waals surface area (Å²) >= 11 is 2.98. The van der Waals surface area contributed by atoms with Crippen LogP contribution in [0.5, 0.6) is 5.75 Å². The third-order valence-corrected chi connectivity index (χ3v) is 8.99. The Labute approximate surface area is 234 Å². The summed E-state index contributed by atoms with van der Waals surface area (Å²) in [5, 5.41) is 1.26. The molecule has 0 spiro atoms. The van der Waals surface area contributed by atoms with E-state index < -0.39 is 0 Å². The van der Waals surface area contributed by atoms with E-state index >= 15 is 0 Å². The molecule has 0 saturated carbocycles. The molecule has 0 N–H and O–H groups in total. The summed E-state index contributed by atoms with van der Waals surface area (Å²) in [6, 6.07) is 24.7. The van der Waals surface area contributed by atoms with Crippen molar-refractivity contribution in [2.75, 3.05) is 13.2 Å². The molecule has 0 fully saturated rings. The number of halogens is 1. The van der Waals surface area contributed by atoms with E-state index in [4.69, 9.17) is 9.72 Å². The van der Waals surface area contributed by atoms with Gasteiger partial charge in [0.15, 0.2) is 5.16 Å². The molecular formula is C31H28FN3O2S2. The number of ether oxygens (including phenoxy) is 1. The zero-order chi connectivity index (χ0) is 26.8. The molecule has 198 valence electrons. The van der Waals surface area contributed by atoms with Crippen molar-refractivity contribution in [1.82, 2.24) is 14.5 Å². The first kappa shape index (κ1) is 25.8. The van der Waals surface area contributed by atoms with Crippen molar-refractivity contribution in [3.8, 4) is 11.4 Å². The third-order valence-electron chi connectivity index (χ3n) is 6.89. The third kappa shape index (κ3) is 5.37. The molecule has 0 radical (unpaired) electrons. The van der Waals surface area contributed by atoms with Crippen molar-refractivity contribution in [3.05, 3.63) is 117 Å². The van der Waals surface area contributed by atoms with Gasteiger partial charge in [-0.3, -0.25) is 14.3 Å². The Morgan fingerprint density at radius 1 is 1.03 bits per heavy atom. The second-order valence-corrected chi connectivity index (χ2v) is 11.5. The Balaban J connectivity index is 1.40. The number of hydrogen-bond acceptors (Lipinski definition) is 6. The molecule has 1 aliphatic rings. The SMILES string of the molecule is CCOc1ccc(-n2c(SCc3ccccc3F)nc3sc4c(c3c2=O)CCN(Cc2ccccc2)C4)cc1. The highest BCUT2D eigenvalue weighted by Gasteiger charge is 2.26. The normalized spacial score (nSPS) is 13.5. The molecule has 0 saturated heterocycles. The molecule has 5 aromatic rings. The fourth-order valence-corrected chi connectivity index (χ4v) is 7.30. The summed E-state index contributed by atoms with van der Waals surface area (Å²) in [7, 11) is 0. The molecule has 6 rings (SSSR count). The van der Waals surface area contributed by atoms with E-state index in [1.54, 1.807) is 28.0 Å². The Morgan fingerprint density at radius 3 is 2.56 bits per heavy atom. The van der Waals surface area contributed by atoms with Crippen molar-refractivity contribution in [2.45, 2.75) is 37.3 Å². The first-order valence-corrected chi connectivity index (χ1v) is 14.8. The maximum absolute atomic E-state index is 14.4. The lowest BCUT2D eigenvalue weighted by molar-refractivity contribution is 0.249. The van der Waals surface area contributed by atoms with Crippen molar-refractivity contribution >= 4 is 33.3 Å². The summed E-state index contributed by atoms with van der Waals surface area (Å²) in [4.78, 5) is 23.5. The largest absolute Gasteiger partial charge is 0.494 e. The van der Waals surface area contributed by atoms with E-state index in [1.807, 2.05) is 43.3 Å². The number of nitrogens with zero attached hydrogens (tertiary/aromatic N) is 3. The number of thioether (sulfide) groups is 1. The Morgan fingerprint density at radius 2 is 1.79 bits per heavy atom. The zero-order valence-corrected chi connectivity index (χ0v) is 23.2. The van der Waals surface area contributed by atoms with Crippen LogP contribution in [0.2, 0.25) is 0 Å². The lowest BCUT2D eigenvalue weighted by Crippen LogP contribution is -2.30. The van der Waals surface area contributed by atoms with Crippen LogP contribution >= 0.6 is 23.1 Å². The van der Waals surface area contributed by atoms with Gasteiger partial charge in [-0.2, -0.15) is 0 Å². The topological polar surface area (TPSA) is 47.4 Å². The fourth-order valence-electron chi connectivity index (χ4n) is 4.99. The maximum Gasteiger partial charge on any atom is 0.267 e. The quantitative estimate of drug-likeness (QED) is 0.155. The molecule has 0 amide bonds. The Bertz CT molecular complexity index is 1670. The van der Waals surface area contributed by atoms with Gasteiger partial charge in [-0.05, 0) is 60.4 Å². The van der Waals surface area contributed by atoms with Gasteiger partial charge >= 0.3 is 0 Å². The molecule has 39 heavy (non-hydrogen) atoms. The molecule has 0 bridgehead atoms. The number of aromatic nitrogens is 2. The van der Waals surface area contributed by atoms with E-state index in [9.17, 15) is 9.18 Å². The minimum Gasteiger partial charge on any atom is -0.494 e. The van der Waals surface area contributed by atoms with E-state index in [1.165, 1.54) is 28.3 Å². The monoisotopic (exact) mass is 557 g/mol. The summed E-state index contributed by atoms with van der Waals surface area (Å²) < 4.78 is 21.7. The summed E-state index contributed by atoms with van der Waals surface area (Å²) in [6.45, 7) is 5.07. The van der Waals surface area contributed by atoms with Crippen LogP contribution in [-0.4, -0.2) is 27.6 Å². The minimum absolute atomic E-state index is 0.0748. The maximum atomic E-state index is 14.4. The fraction of sp³-hybridized carbons (Fsp3) is 0.226. The van der Waals surface area contributed by atoms with Crippen LogP contribution in [0.25, 0.3) is 15.9 Å². The summed E-state index contributed by atoms with van der Waals surface area (Å²) in [5.74, 6) is 0.860. The van der Waals surface area contributed by atoms with Gasteiger partial charge in [0, 0.05) is 30.3 Å². The molecule has 0 aliphatic carbocycles. The lowest BCUT2D eigenvalue weighted by atomic mass is 10.0. The van der Waals surface area contributed by atoms with Crippen molar-refractivity contribution in [3.63, 3.8) is 0 Å². The van der Waals surface area contributed by atoms with Gasteiger partial charge in [0.2, 0.25) is 0 Å². The van der Waals surface area contributed by atoms with Gasteiger partial charge in [0.1, 0.15) is 16.4 Å². The van der Waals surface area contributed by atoms with Crippen molar-refractivity contribution in [2.24, 2.45) is 0 Å². The smallest absolute Gasteiger partial charge is 0.267 e. The number of rotatable bonds is 8. The van der Waals surface area contributed by atoms with Crippen LogP contribution in [0.1, 0.15) is 28.5 Å². The molecule has 0 atom stereocenters. The van der Waals surface area contributed by atoms with E-state index in [0.29, 0.717) is 28.5 Å². The predicted octanol–water partition coefficient (Wildman–Crippen LogP) is 6.84. The van der Waals surface area contributed by atoms with Crippen molar-refractivity contribution < 1.29 is 9.13 Å². The van der Waals surface area contributed by atoms with E-state index in [0.717, 1.165) is 47.9 Å². The second kappa shape index (κ2) is 11.3. The highest BCUT2D eigenvalue weighted by Crippen LogP contribution is 2.35. The van der Waals surface area contributed by atoms with Crippen LogP contribution in [0.15, 0.2) is 88.8 Å². The first-order chi connectivity index (χ1) is 19.1. The van der Waals surface area contributed by atoms with E-state index in [-0.39, 0.29) is 11.4 Å². The van der Waals surface area contributed by atoms with Crippen molar-refractivity contribution in [1.29, 1.82) is 0 Å². The second-order valence-electron chi connectivity index (χ2n) is 9.47. The molecule has 3 heterocycles. The summed E-state index contributed by atoms with van der Waals surface area (Å²) in [5.41, 5.74) is 3.62. The number of hydrogen-bond donors (Lipinski definition) is 0. The van der Waals surface area contributed by atoms with E-state index in [2.05, 4.69) is 29.2 Å². The van der Waals surface area contributed by atoms with Gasteiger partial charge in [0.25, 0.3) is 5.56 Å². The molecular weight excluding hydrogens is 529 g/mol. The predicted molar refractivity (Wildman–Crippen MR) is 157 cm³/mol. The standard InChI is InChI=1S/C31H28FN3O2S2/c1-2-37-24-14-12-23(13-15-24)35-30(36)28-25-16-17-34(18-21-8-4-3-5-9-21)19-27(25)39-29(28)33-31(35)38-20-22-10-6-7-11-26(22)32/h3-15H,2,16-20H2,1H3. The van der Waals surface area contributed by atoms with Crippen LogP contribution in [0.4, 0.5) is 4.39 Å². The molecule has 1 aliphatic heterocycles. The zero-order valence-electron chi connectivity index (χ0n) is 21.6. The summed E-state index contributed by atoms with van der Waals surface area (Å²) in [6.07, 6.45) is 0.810. The average molecular weight is 558 g/mol. The molecule has 2 aromatic heterocycles. The highest BCUT2D eigenvalue weighted by molar-refractivity contribution is 7.98. The van der Waals surface area contributed by atoms with Crippen LogP contribution < -0.4 is 10.3 Å². The highest BCUT2D eigenvalue weighted by atomic mass is 32.2. The van der Waals surface area contributed by atoms with Gasteiger partial charge in [-0.15, -0.1) is 11.3 Å². The molecule has 3 aromatic carbocycles. The van der Waals surface area contributed by atoms with Gasteiger partial charge in [-0.25, -0.2) is 9.37 Å². The number of fused-ring (bicyclic) bond motifs is 3. The van der Waals surface area contributed by atoms with Crippen LogP contribution in [0, 0.1) is 5.82 Å². The first-order valence-electron chi connectivity index (χ1n) is 13.0. The number of thiophene rings is 1. The average Bonchev–Trinajstić information content (AvgIpc) is 3.32. The lowest BCUT2D eigenvalue weighted by Gasteiger charge is -2.26. The molecule has 0 unspecified atom stereocenters. The van der Waals surface area contributed by atoms with Gasteiger partial charge < -0.3 is 4.74 Å². The molecule has 8 heteroatoms. The minimum atomic E-state index is -0.258. The van der Waals surface area contributed by atoms with Gasteiger partial charge in [0.05, 0.1) is 17.7 Å². The number of benzene rings is 3. The Hall–Kier alpha value is -3.46. The Kier molecular flexibility index (Phi) is 7.50. The van der Waals surface area contributed by atoms with Crippen LogP contribution in [0.3, 0.4) is 0 Å².